The summed E-state index contributed by atoms with van der Waals surface area (Å²) in [6.07, 6.45) is 0. The predicted octanol–water partition coefficient (Wildman–Crippen LogP) is 2.55. The minimum atomic E-state index is -1.06. The first-order valence-corrected chi connectivity index (χ1v) is 6.36. The van der Waals surface area contributed by atoms with Gasteiger partial charge >= 0.3 is 0 Å². The lowest BCUT2D eigenvalue weighted by atomic mass is 10.1. The van der Waals surface area contributed by atoms with Crippen molar-refractivity contribution >= 4 is 23.2 Å². The van der Waals surface area contributed by atoms with Crippen molar-refractivity contribution in [2.24, 2.45) is 0 Å². The largest absolute Gasteiger partial charge is 0.481 e. The molecule has 0 aliphatic carbocycles. The average Bonchev–Trinajstić information content (AvgIpc) is 2.50. The lowest BCUT2D eigenvalue weighted by molar-refractivity contribution is -0.118. The number of nitrogens with one attached hydrogen (secondary N) is 2. The van der Waals surface area contributed by atoms with Crippen LogP contribution in [0, 0.1) is 11.6 Å². The van der Waals surface area contributed by atoms with Crippen LogP contribution in [0.2, 0.25) is 0 Å². The molecule has 3 rings (SSSR count). The van der Waals surface area contributed by atoms with Crippen molar-refractivity contribution in [3.63, 3.8) is 0 Å². The van der Waals surface area contributed by atoms with Gasteiger partial charge in [-0.2, -0.15) is 0 Å². The van der Waals surface area contributed by atoms with Crippen LogP contribution in [0.1, 0.15) is 10.4 Å². The summed E-state index contributed by atoms with van der Waals surface area (Å²) in [5, 5.41) is 5.03. The van der Waals surface area contributed by atoms with E-state index in [1.807, 2.05) is 0 Å². The summed E-state index contributed by atoms with van der Waals surface area (Å²) in [5.74, 6) is -2.69. The fraction of sp³-hybridized carbons (Fsp3) is 0.0667. The zero-order valence-corrected chi connectivity index (χ0v) is 11.2. The van der Waals surface area contributed by atoms with Gasteiger partial charge in [0.05, 0.1) is 11.3 Å². The molecule has 2 amide bonds. The summed E-state index contributed by atoms with van der Waals surface area (Å²) in [6.45, 7) is -0.192. The molecule has 7 heteroatoms. The van der Waals surface area contributed by atoms with Crippen LogP contribution in [0.3, 0.4) is 0 Å². The van der Waals surface area contributed by atoms with E-state index in [1.54, 1.807) is 12.1 Å². The zero-order valence-electron chi connectivity index (χ0n) is 11.2. The van der Waals surface area contributed by atoms with Crippen molar-refractivity contribution < 1.29 is 23.1 Å². The minimum Gasteiger partial charge on any atom is -0.481 e. The van der Waals surface area contributed by atoms with Crippen molar-refractivity contribution in [2.75, 3.05) is 17.2 Å². The van der Waals surface area contributed by atoms with Gasteiger partial charge in [-0.3, -0.25) is 9.59 Å². The molecule has 0 saturated heterocycles. The fourth-order valence-corrected chi connectivity index (χ4v) is 2.07. The van der Waals surface area contributed by atoms with Gasteiger partial charge in [-0.15, -0.1) is 0 Å². The smallest absolute Gasteiger partial charge is 0.262 e. The number of anilines is 2. The fourth-order valence-electron chi connectivity index (χ4n) is 2.07. The standard InChI is InChI=1S/C15H10F2N2O3/c16-10-5-4-8(6-11(10)17)18-15(21)9-2-1-3-12-14(9)22-7-13(20)19-12/h1-6H,7H2,(H,18,21)(H,19,20). The summed E-state index contributed by atoms with van der Waals surface area (Å²) in [5.41, 5.74) is 0.678. The summed E-state index contributed by atoms with van der Waals surface area (Å²) < 4.78 is 31.3. The lowest BCUT2D eigenvalue weighted by Crippen LogP contribution is -2.27. The number of fused-ring (bicyclic) bond motifs is 1. The normalized spacial score (nSPS) is 12.9. The third-order valence-corrected chi connectivity index (χ3v) is 3.06. The number of rotatable bonds is 2. The van der Waals surface area contributed by atoms with Crippen LogP contribution < -0.4 is 15.4 Å². The average molecular weight is 304 g/mol. The van der Waals surface area contributed by atoms with Gasteiger partial charge in [0.15, 0.2) is 24.0 Å². The van der Waals surface area contributed by atoms with E-state index in [2.05, 4.69) is 10.6 Å². The molecule has 1 aliphatic rings. The van der Waals surface area contributed by atoms with Crippen LogP contribution in [0.15, 0.2) is 36.4 Å². The molecule has 5 nitrogen and oxygen atoms in total. The van der Waals surface area contributed by atoms with Crippen molar-refractivity contribution in [2.45, 2.75) is 0 Å². The lowest BCUT2D eigenvalue weighted by Gasteiger charge is -2.20. The Bertz CT molecular complexity index is 777. The van der Waals surface area contributed by atoms with Gasteiger partial charge in [-0.05, 0) is 24.3 Å². The summed E-state index contributed by atoms with van der Waals surface area (Å²) >= 11 is 0. The van der Waals surface area contributed by atoms with Crippen molar-refractivity contribution in [1.29, 1.82) is 0 Å². The number of carbonyl (C=O) groups excluding carboxylic acids is 2. The van der Waals surface area contributed by atoms with Crippen LogP contribution in [0.25, 0.3) is 0 Å². The zero-order chi connectivity index (χ0) is 15.7. The second kappa shape index (κ2) is 5.44. The van der Waals surface area contributed by atoms with Gasteiger partial charge in [0.1, 0.15) is 0 Å². The van der Waals surface area contributed by atoms with Crippen molar-refractivity contribution in [3.8, 4) is 5.75 Å². The second-order valence-electron chi connectivity index (χ2n) is 4.60. The van der Waals surface area contributed by atoms with E-state index in [-0.39, 0.29) is 29.5 Å². The maximum atomic E-state index is 13.1. The highest BCUT2D eigenvalue weighted by molar-refractivity contribution is 6.09. The first kappa shape index (κ1) is 14.0. The molecule has 0 aromatic heterocycles. The minimum absolute atomic E-state index is 0.112. The molecule has 2 aromatic carbocycles. The Morgan fingerprint density at radius 3 is 2.77 bits per heavy atom. The summed E-state index contributed by atoms with van der Waals surface area (Å²) in [7, 11) is 0. The third kappa shape index (κ3) is 2.60. The number of halogens is 2. The molecule has 112 valence electrons. The van der Waals surface area contributed by atoms with Gasteiger partial charge in [-0.25, -0.2) is 8.78 Å². The second-order valence-corrected chi connectivity index (χ2v) is 4.60. The number of benzene rings is 2. The molecule has 2 aromatic rings. The van der Waals surface area contributed by atoms with E-state index in [0.29, 0.717) is 5.69 Å². The molecule has 0 bridgehead atoms. The van der Waals surface area contributed by atoms with Crippen molar-refractivity contribution in [3.05, 3.63) is 53.6 Å². The highest BCUT2D eigenvalue weighted by Gasteiger charge is 2.22. The number of hydrogen-bond acceptors (Lipinski definition) is 3. The van der Waals surface area contributed by atoms with Crippen LogP contribution >= 0.6 is 0 Å². The van der Waals surface area contributed by atoms with Crippen LogP contribution in [-0.2, 0) is 4.79 Å². The monoisotopic (exact) mass is 304 g/mol. The maximum Gasteiger partial charge on any atom is 0.262 e. The molecule has 1 heterocycles. The third-order valence-electron chi connectivity index (χ3n) is 3.06. The molecule has 0 unspecified atom stereocenters. The molecule has 0 spiro atoms. The molecule has 0 fully saturated rings. The molecule has 0 radical (unpaired) electrons. The Labute approximate surface area is 123 Å². The Kier molecular flexibility index (Phi) is 3.46. The highest BCUT2D eigenvalue weighted by Crippen LogP contribution is 2.32. The van der Waals surface area contributed by atoms with E-state index >= 15 is 0 Å². The Morgan fingerprint density at radius 1 is 1.18 bits per heavy atom. The first-order valence-electron chi connectivity index (χ1n) is 6.36. The van der Waals surface area contributed by atoms with E-state index < -0.39 is 17.5 Å². The van der Waals surface area contributed by atoms with Gasteiger partial charge in [0.2, 0.25) is 0 Å². The number of amides is 2. The van der Waals surface area contributed by atoms with E-state index in [4.69, 9.17) is 4.74 Å². The molecular weight excluding hydrogens is 294 g/mol. The van der Waals surface area contributed by atoms with Crippen LogP contribution in [0.4, 0.5) is 20.2 Å². The molecule has 0 saturated carbocycles. The molecular formula is C15H10F2N2O3. The first-order chi connectivity index (χ1) is 10.5. The number of hydrogen-bond donors (Lipinski definition) is 2. The Hall–Kier alpha value is -2.96. The molecule has 1 aliphatic heterocycles. The summed E-state index contributed by atoms with van der Waals surface area (Å²) in [4.78, 5) is 23.5. The Balaban J connectivity index is 1.88. The number of ether oxygens (including phenoxy) is 1. The predicted molar refractivity (Wildman–Crippen MR) is 74.9 cm³/mol. The van der Waals surface area contributed by atoms with E-state index in [1.165, 1.54) is 12.1 Å². The highest BCUT2D eigenvalue weighted by atomic mass is 19.2. The van der Waals surface area contributed by atoms with Crippen LogP contribution in [0.5, 0.6) is 5.75 Å². The van der Waals surface area contributed by atoms with Gasteiger partial charge in [-0.1, -0.05) is 6.07 Å². The van der Waals surface area contributed by atoms with Crippen LogP contribution in [-0.4, -0.2) is 18.4 Å². The number of para-hydroxylation sites is 1. The summed E-state index contributed by atoms with van der Waals surface area (Å²) in [6, 6.07) is 7.72. The molecule has 22 heavy (non-hydrogen) atoms. The van der Waals surface area contributed by atoms with Gasteiger partial charge in [0, 0.05) is 11.8 Å². The van der Waals surface area contributed by atoms with Gasteiger partial charge in [0.25, 0.3) is 11.8 Å². The topological polar surface area (TPSA) is 67.4 Å². The number of carbonyl (C=O) groups is 2. The van der Waals surface area contributed by atoms with E-state index in [0.717, 1.165) is 12.1 Å². The van der Waals surface area contributed by atoms with Gasteiger partial charge < -0.3 is 15.4 Å². The molecule has 0 atom stereocenters. The SMILES string of the molecule is O=C1COc2c(cccc2C(=O)Nc2ccc(F)c(F)c2)N1. The van der Waals surface area contributed by atoms with Crippen molar-refractivity contribution in [1.82, 2.24) is 0 Å². The molecule has 2 N–H and O–H groups in total. The quantitative estimate of drug-likeness (QED) is 0.896. The van der Waals surface area contributed by atoms with E-state index in [9.17, 15) is 18.4 Å². The maximum absolute atomic E-state index is 13.1. The Morgan fingerprint density at radius 2 is 2.00 bits per heavy atom.